The number of thiophene rings is 2. The standard InChI is InChI=1S/C20H20N4O4S2/c1-3-12-4-5-13(29-12)9-21-18(25)14-8-15(23-10-22-14)19(26)24-11(2)16-6-7-17(30-16)20(27)28/h4-8,10-11H,3,9H2,1-2H3,(H,21,25)(H,24,26)(H,27,28)/t11-/m0/s1. The highest BCUT2D eigenvalue weighted by Gasteiger charge is 2.18. The highest BCUT2D eigenvalue weighted by molar-refractivity contribution is 7.14. The van der Waals surface area contributed by atoms with Crippen LogP contribution in [0.2, 0.25) is 0 Å². The molecular weight excluding hydrogens is 424 g/mol. The number of aryl methyl sites for hydroxylation is 1. The third-order valence-corrected chi connectivity index (χ3v) is 6.72. The van der Waals surface area contributed by atoms with Crippen LogP contribution in [0.5, 0.6) is 0 Å². The first-order valence-electron chi connectivity index (χ1n) is 9.19. The molecule has 0 saturated carbocycles. The lowest BCUT2D eigenvalue weighted by molar-refractivity contribution is 0.0701. The van der Waals surface area contributed by atoms with Crippen molar-refractivity contribution >= 4 is 40.5 Å². The molecule has 156 valence electrons. The van der Waals surface area contributed by atoms with Crippen LogP contribution in [0.1, 0.15) is 65.2 Å². The molecule has 8 nitrogen and oxygen atoms in total. The third-order valence-electron chi connectivity index (χ3n) is 4.23. The van der Waals surface area contributed by atoms with E-state index in [9.17, 15) is 14.4 Å². The molecule has 3 N–H and O–H groups in total. The molecule has 0 fully saturated rings. The van der Waals surface area contributed by atoms with E-state index in [1.165, 1.54) is 23.3 Å². The van der Waals surface area contributed by atoms with E-state index in [2.05, 4.69) is 27.5 Å². The summed E-state index contributed by atoms with van der Waals surface area (Å²) in [6, 6.07) is 8.09. The average molecular weight is 445 g/mol. The Hall–Kier alpha value is -3.11. The smallest absolute Gasteiger partial charge is 0.345 e. The molecule has 30 heavy (non-hydrogen) atoms. The second kappa shape index (κ2) is 9.59. The van der Waals surface area contributed by atoms with Crippen molar-refractivity contribution in [3.8, 4) is 0 Å². The van der Waals surface area contributed by atoms with Crippen molar-refractivity contribution in [3.63, 3.8) is 0 Å². The van der Waals surface area contributed by atoms with E-state index < -0.39 is 23.8 Å². The summed E-state index contributed by atoms with van der Waals surface area (Å²) in [6.07, 6.45) is 2.12. The number of nitrogens with one attached hydrogen (secondary N) is 2. The van der Waals surface area contributed by atoms with Gasteiger partial charge in [-0.05, 0) is 37.6 Å². The Bertz CT molecular complexity index is 1080. The van der Waals surface area contributed by atoms with Crippen LogP contribution in [-0.4, -0.2) is 32.9 Å². The topological polar surface area (TPSA) is 121 Å². The van der Waals surface area contributed by atoms with Crippen molar-refractivity contribution in [1.29, 1.82) is 0 Å². The van der Waals surface area contributed by atoms with Crippen LogP contribution in [0.3, 0.4) is 0 Å². The van der Waals surface area contributed by atoms with Gasteiger partial charge >= 0.3 is 5.97 Å². The van der Waals surface area contributed by atoms with Crippen molar-refractivity contribution in [2.24, 2.45) is 0 Å². The molecule has 10 heteroatoms. The summed E-state index contributed by atoms with van der Waals surface area (Å²) in [5, 5.41) is 14.6. The maximum atomic E-state index is 12.5. The lowest BCUT2D eigenvalue weighted by Crippen LogP contribution is -2.28. The Morgan fingerprint density at radius 2 is 1.73 bits per heavy atom. The minimum absolute atomic E-state index is 0.0569. The van der Waals surface area contributed by atoms with Gasteiger partial charge in [-0.3, -0.25) is 9.59 Å². The van der Waals surface area contributed by atoms with Crippen LogP contribution in [0.4, 0.5) is 0 Å². The second-order valence-corrected chi connectivity index (χ2v) is 8.76. The molecule has 3 aromatic heterocycles. The molecule has 0 saturated heterocycles. The van der Waals surface area contributed by atoms with Gasteiger partial charge in [0.1, 0.15) is 22.6 Å². The minimum Gasteiger partial charge on any atom is -0.477 e. The van der Waals surface area contributed by atoms with Crippen LogP contribution in [0.25, 0.3) is 0 Å². The van der Waals surface area contributed by atoms with Crippen molar-refractivity contribution in [1.82, 2.24) is 20.6 Å². The molecule has 2 amide bonds. The molecule has 1 atom stereocenters. The fourth-order valence-corrected chi connectivity index (χ4v) is 4.36. The van der Waals surface area contributed by atoms with Gasteiger partial charge in [-0.15, -0.1) is 22.7 Å². The minimum atomic E-state index is -1.01. The SMILES string of the molecule is CCc1ccc(CNC(=O)c2cc(C(=O)N[C@@H](C)c3ccc(C(=O)O)s3)ncn2)s1. The van der Waals surface area contributed by atoms with Crippen LogP contribution in [-0.2, 0) is 13.0 Å². The lowest BCUT2D eigenvalue weighted by atomic mass is 10.2. The number of amides is 2. The van der Waals surface area contributed by atoms with E-state index in [0.29, 0.717) is 11.4 Å². The number of carboxylic acid groups (broad SMARTS) is 1. The summed E-state index contributed by atoms with van der Waals surface area (Å²) in [6.45, 7) is 4.21. The molecule has 0 unspecified atom stereocenters. The Morgan fingerprint density at radius 1 is 1.03 bits per heavy atom. The van der Waals surface area contributed by atoms with Gasteiger partial charge in [-0.1, -0.05) is 6.92 Å². The fourth-order valence-electron chi connectivity index (χ4n) is 2.61. The molecule has 0 aromatic carbocycles. The molecule has 3 heterocycles. The second-order valence-electron chi connectivity index (χ2n) is 6.40. The van der Waals surface area contributed by atoms with E-state index in [-0.39, 0.29) is 16.3 Å². The van der Waals surface area contributed by atoms with Gasteiger partial charge in [0.25, 0.3) is 11.8 Å². The van der Waals surface area contributed by atoms with E-state index >= 15 is 0 Å². The molecule has 0 spiro atoms. The van der Waals surface area contributed by atoms with Crippen LogP contribution < -0.4 is 10.6 Å². The first-order chi connectivity index (χ1) is 14.4. The quantitative estimate of drug-likeness (QED) is 0.490. The molecule has 0 aliphatic carbocycles. The summed E-state index contributed by atoms with van der Waals surface area (Å²) >= 11 is 2.73. The Kier molecular flexibility index (Phi) is 6.91. The van der Waals surface area contributed by atoms with Crippen molar-refractivity contribution in [2.45, 2.75) is 32.9 Å². The summed E-state index contributed by atoms with van der Waals surface area (Å²) in [4.78, 5) is 47.0. The summed E-state index contributed by atoms with van der Waals surface area (Å²) in [7, 11) is 0. The van der Waals surface area contributed by atoms with Gasteiger partial charge in [-0.2, -0.15) is 0 Å². The predicted molar refractivity (Wildman–Crippen MR) is 114 cm³/mol. The fraction of sp³-hybridized carbons (Fsp3) is 0.250. The third kappa shape index (κ3) is 5.28. The first kappa shape index (κ1) is 21.6. The number of aromatic nitrogens is 2. The van der Waals surface area contributed by atoms with Crippen LogP contribution in [0.15, 0.2) is 36.7 Å². The Labute approximate surface area is 181 Å². The highest BCUT2D eigenvalue weighted by atomic mass is 32.1. The van der Waals surface area contributed by atoms with Gasteiger partial charge in [-0.25, -0.2) is 14.8 Å². The highest BCUT2D eigenvalue weighted by Crippen LogP contribution is 2.23. The normalized spacial score (nSPS) is 11.7. The molecule has 3 aromatic rings. The average Bonchev–Trinajstić information content (AvgIpc) is 3.41. The molecule has 0 radical (unpaired) electrons. The van der Waals surface area contributed by atoms with Gasteiger partial charge in [0.2, 0.25) is 0 Å². The van der Waals surface area contributed by atoms with E-state index in [1.807, 2.05) is 12.1 Å². The number of aromatic carboxylic acids is 1. The number of rotatable bonds is 8. The lowest BCUT2D eigenvalue weighted by Gasteiger charge is -2.12. The number of carbonyl (C=O) groups is 3. The monoisotopic (exact) mass is 444 g/mol. The van der Waals surface area contributed by atoms with E-state index in [0.717, 1.165) is 22.6 Å². The van der Waals surface area contributed by atoms with Crippen molar-refractivity contribution < 1.29 is 19.5 Å². The van der Waals surface area contributed by atoms with Crippen LogP contribution >= 0.6 is 22.7 Å². The van der Waals surface area contributed by atoms with Gasteiger partial charge in [0.05, 0.1) is 12.6 Å². The number of carboxylic acids is 1. The molecule has 0 aliphatic heterocycles. The first-order valence-corrected chi connectivity index (χ1v) is 10.8. The largest absolute Gasteiger partial charge is 0.477 e. The summed E-state index contributed by atoms with van der Waals surface area (Å²) < 4.78 is 0. The predicted octanol–water partition coefficient (Wildman–Crippen LogP) is 3.28. The maximum Gasteiger partial charge on any atom is 0.345 e. The van der Waals surface area contributed by atoms with Gasteiger partial charge in [0.15, 0.2) is 0 Å². The molecular formula is C20H20N4O4S2. The number of hydrogen-bond acceptors (Lipinski definition) is 7. The zero-order valence-corrected chi connectivity index (χ0v) is 18.0. The zero-order valence-electron chi connectivity index (χ0n) is 16.3. The van der Waals surface area contributed by atoms with Gasteiger partial charge in [0, 0.05) is 20.7 Å². The Morgan fingerprint density at radius 3 is 2.37 bits per heavy atom. The number of hydrogen-bond donors (Lipinski definition) is 3. The van der Waals surface area contributed by atoms with Crippen molar-refractivity contribution in [3.05, 3.63) is 67.6 Å². The molecule has 0 bridgehead atoms. The van der Waals surface area contributed by atoms with Gasteiger partial charge < -0.3 is 15.7 Å². The Balaban J connectivity index is 1.62. The molecule has 0 aliphatic rings. The number of carbonyl (C=O) groups excluding carboxylic acids is 2. The summed E-state index contributed by atoms with van der Waals surface area (Å²) in [5.74, 6) is -1.88. The maximum absolute atomic E-state index is 12.5. The van der Waals surface area contributed by atoms with E-state index in [4.69, 9.17) is 5.11 Å². The summed E-state index contributed by atoms with van der Waals surface area (Å²) in [5.41, 5.74) is 0.153. The van der Waals surface area contributed by atoms with E-state index in [1.54, 1.807) is 24.3 Å². The molecule has 3 rings (SSSR count). The van der Waals surface area contributed by atoms with Crippen LogP contribution in [0, 0.1) is 0 Å². The zero-order chi connectivity index (χ0) is 21.7. The number of nitrogens with zero attached hydrogens (tertiary/aromatic N) is 2. The van der Waals surface area contributed by atoms with Crippen molar-refractivity contribution in [2.75, 3.05) is 0 Å².